The van der Waals surface area contributed by atoms with Gasteiger partial charge in [0.1, 0.15) is 17.6 Å². The molecule has 1 fully saturated rings. The third-order valence-electron chi connectivity index (χ3n) is 5.05. The number of hydrogen-bond donors (Lipinski definition) is 3. The Bertz CT molecular complexity index is 916. The van der Waals surface area contributed by atoms with Crippen LogP contribution in [0.25, 0.3) is 10.1 Å². The largest absolute Gasteiger partial charge is 0.507 e. The Morgan fingerprint density at radius 3 is 2.93 bits per heavy atom. The minimum absolute atomic E-state index is 0.0138. The Kier molecular flexibility index (Phi) is 4.65. The third-order valence-corrected chi connectivity index (χ3v) is 5.93. The van der Waals surface area contributed by atoms with E-state index in [0.717, 1.165) is 22.3 Å². The van der Waals surface area contributed by atoms with Crippen molar-refractivity contribution in [2.24, 2.45) is 10.1 Å². The molecule has 3 N–H and O–H groups in total. The van der Waals surface area contributed by atoms with E-state index in [0.29, 0.717) is 24.2 Å². The molecule has 6 nitrogen and oxygen atoms in total. The maximum atomic E-state index is 13.9. The maximum absolute atomic E-state index is 13.9. The van der Waals surface area contributed by atoms with E-state index >= 15 is 0 Å². The quantitative estimate of drug-likeness (QED) is 0.755. The van der Waals surface area contributed by atoms with Crippen molar-refractivity contribution < 1.29 is 9.50 Å². The first-order chi connectivity index (χ1) is 12.8. The van der Waals surface area contributed by atoms with Gasteiger partial charge in [-0.25, -0.2) is 9.38 Å². The van der Waals surface area contributed by atoms with E-state index < -0.39 is 12.0 Å². The highest BCUT2D eigenvalue weighted by Crippen LogP contribution is 2.33. The summed E-state index contributed by atoms with van der Waals surface area (Å²) in [4.78, 5) is 6.72. The zero-order chi connectivity index (χ0) is 19.2. The molecule has 3 atom stereocenters. The number of alkyl halides is 1. The number of likely N-dealkylation sites (tertiary alicyclic amines) is 1. The molecule has 0 saturated carbocycles. The number of nitrogens with zero attached hydrogens (tertiary/aromatic N) is 3. The molecule has 1 saturated heterocycles. The van der Waals surface area contributed by atoms with E-state index in [2.05, 4.69) is 15.8 Å². The lowest BCUT2D eigenvalue weighted by Gasteiger charge is -2.39. The van der Waals surface area contributed by atoms with Gasteiger partial charge in [-0.05, 0) is 50.9 Å². The number of aliphatic imine (C=N–C) groups is 1. The number of nitrogens with one attached hydrogen (secondary N) is 2. The lowest BCUT2D eigenvalue weighted by atomic mass is 10.0. The summed E-state index contributed by atoms with van der Waals surface area (Å²) < 4.78 is 14.9. The highest BCUT2D eigenvalue weighted by atomic mass is 32.1. The topological polar surface area (TPSA) is 72.2 Å². The number of benzene rings is 1. The van der Waals surface area contributed by atoms with E-state index in [1.807, 2.05) is 49.4 Å². The van der Waals surface area contributed by atoms with E-state index in [4.69, 9.17) is 4.99 Å². The predicted molar refractivity (Wildman–Crippen MR) is 109 cm³/mol. The molecule has 0 bridgehead atoms. The molecule has 0 amide bonds. The molecule has 3 heterocycles. The van der Waals surface area contributed by atoms with Gasteiger partial charge in [-0.15, -0.1) is 11.3 Å². The van der Waals surface area contributed by atoms with Gasteiger partial charge in [0.25, 0.3) is 0 Å². The number of phenols is 1. The number of piperidine rings is 1. The van der Waals surface area contributed by atoms with Crippen molar-refractivity contribution in [2.75, 3.05) is 20.1 Å². The summed E-state index contributed by atoms with van der Waals surface area (Å²) in [5.74, 6) is -0.590. The summed E-state index contributed by atoms with van der Waals surface area (Å²) in [5.41, 5.74) is 5.04. The van der Waals surface area contributed by atoms with Crippen molar-refractivity contribution in [3.8, 4) is 5.75 Å². The smallest absolute Gasteiger partial charge is 0.197 e. The summed E-state index contributed by atoms with van der Waals surface area (Å²) in [6, 6.07) is 5.74. The molecule has 0 aliphatic carbocycles. The van der Waals surface area contributed by atoms with Crippen LogP contribution in [0, 0.1) is 0 Å². The highest BCUT2D eigenvalue weighted by molar-refractivity contribution is 7.17. The van der Waals surface area contributed by atoms with Gasteiger partial charge in [-0.3, -0.25) is 10.7 Å². The van der Waals surface area contributed by atoms with Crippen LogP contribution in [0.3, 0.4) is 0 Å². The van der Waals surface area contributed by atoms with Gasteiger partial charge in [0.2, 0.25) is 0 Å². The van der Waals surface area contributed by atoms with Crippen LogP contribution in [0.1, 0.15) is 25.8 Å². The van der Waals surface area contributed by atoms with Crippen molar-refractivity contribution >= 4 is 32.8 Å². The van der Waals surface area contributed by atoms with Crippen LogP contribution in [0.2, 0.25) is 0 Å². The molecular formula is C19H24FN5OS. The second-order valence-electron chi connectivity index (χ2n) is 7.53. The first kappa shape index (κ1) is 18.3. The highest BCUT2D eigenvalue weighted by Gasteiger charge is 2.34. The SMILES string of the molecule is CC1=NC(C)(N[C@@H]2C[C@@H](F)CN(C)C2)NN=C1c1ccc2sccc2c1O. The summed E-state index contributed by atoms with van der Waals surface area (Å²) >= 11 is 1.59. The van der Waals surface area contributed by atoms with Crippen LogP contribution < -0.4 is 10.7 Å². The Morgan fingerprint density at radius 2 is 2.19 bits per heavy atom. The van der Waals surface area contributed by atoms with Gasteiger partial charge < -0.3 is 10.0 Å². The zero-order valence-electron chi connectivity index (χ0n) is 15.7. The maximum Gasteiger partial charge on any atom is 0.197 e. The second-order valence-corrected chi connectivity index (χ2v) is 8.48. The minimum atomic E-state index is -0.841. The van der Waals surface area contributed by atoms with Crippen LogP contribution in [0.15, 0.2) is 33.7 Å². The normalized spacial score (nSPS) is 29.3. The van der Waals surface area contributed by atoms with Gasteiger partial charge in [-0.2, -0.15) is 5.10 Å². The molecule has 0 radical (unpaired) electrons. The molecular weight excluding hydrogens is 365 g/mol. The summed E-state index contributed by atoms with van der Waals surface area (Å²) in [7, 11) is 1.92. The lowest BCUT2D eigenvalue weighted by molar-refractivity contribution is 0.110. The Hall–Kier alpha value is -2.03. The molecule has 1 aromatic carbocycles. The van der Waals surface area contributed by atoms with Crippen LogP contribution >= 0.6 is 11.3 Å². The van der Waals surface area contributed by atoms with Gasteiger partial charge in [0.05, 0.1) is 5.71 Å². The first-order valence-electron chi connectivity index (χ1n) is 9.06. The third kappa shape index (κ3) is 3.56. The van der Waals surface area contributed by atoms with E-state index in [-0.39, 0.29) is 11.8 Å². The van der Waals surface area contributed by atoms with Crippen molar-refractivity contribution in [1.29, 1.82) is 0 Å². The minimum Gasteiger partial charge on any atom is -0.507 e. The molecule has 144 valence electrons. The summed E-state index contributed by atoms with van der Waals surface area (Å²) in [6.07, 6.45) is -0.380. The summed E-state index contributed by atoms with van der Waals surface area (Å²) in [5, 5.41) is 21.3. The molecule has 8 heteroatoms. The molecule has 2 aliphatic heterocycles. The van der Waals surface area contributed by atoms with Crippen LogP contribution in [0.5, 0.6) is 5.75 Å². The first-order valence-corrected chi connectivity index (χ1v) is 9.94. The number of phenolic OH excluding ortho intramolecular Hbond substituents is 1. The van der Waals surface area contributed by atoms with E-state index in [1.165, 1.54) is 0 Å². The fourth-order valence-electron chi connectivity index (χ4n) is 3.95. The zero-order valence-corrected chi connectivity index (χ0v) is 16.5. The number of likely N-dealkylation sites (N-methyl/N-ethyl adjacent to an activating group) is 1. The number of hydrogen-bond acceptors (Lipinski definition) is 7. The molecule has 2 aliphatic rings. The van der Waals surface area contributed by atoms with Crippen molar-refractivity contribution in [3.63, 3.8) is 0 Å². The average molecular weight is 390 g/mol. The van der Waals surface area contributed by atoms with E-state index in [1.54, 1.807) is 11.3 Å². The monoisotopic (exact) mass is 389 g/mol. The molecule has 1 unspecified atom stereocenters. The van der Waals surface area contributed by atoms with Gasteiger partial charge in [0, 0.05) is 34.8 Å². The fraction of sp³-hybridized carbons (Fsp3) is 0.474. The number of fused-ring (bicyclic) bond motifs is 1. The number of rotatable bonds is 3. The molecule has 27 heavy (non-hydrogen) atoms. The Morgan fingerprint density at radius 1 is 1.37 bits per heavy atom. The van der Waals surface area contributed by atoms with Gasteiger partial charge in [-0.1, -0.05) is 0 Å². The van der Waals surface area contributed by atoms with Crippen LogP contribution in [-0.4, -0.2) is 59.6 Å². The van der Waals surface area contributed by atoms with Crippen molar-refractivity contribution in [1.82, 2.24) is 15.6 Å². The second kappa shape index (κ2) is 6.85. The number of aromatic hydroxyl groups is 1. The van der Waals surface area contributed by atoms with Crippen molar-refractivity contribution in [2.45, 2.75) is 38.3 Å². The molecule has 1 aromatic heterocycles. The Labute approximate surface area is 161 Å². The summed E-state index contributed by atoms with van der Waals surface area (Å²) in [6.45, 7) is 5.00. The predicted octanol–water partition coefficient (Wildman–Crippen LogP) is 2.68. The van der Waals surface area contributed by atoms with Crippen molar-refractivity contribution in [3.05, 3.63) is 29.1 Å². The van der Waals surface area contributed by atoms with Crippen LogP contribution in [0.4, 0.5) is 4.39 Å². The lowest BCUT2D eigenvalue weighted by Crippen LogP contribution is -2.61. The average Bonchev–Trinajstić information content (AvgIpc) is 3.04. The number of thiophene rings is 1. The molecule has 2 aromatic rings. The molecule has 4 rings (SSSR count). The van der Waals surface area contributed by atoms with Gasteiger partial charge >= 0.3 is 0 Å². The van der Waals surface area contributed by atoms with Crippen LogP contribution in [-0.2, 0) is 0 Å². The number of hydrazone groups is 1. The standard InChI is InChI=1S/C19H24FN5OS/c1-11-17(15-4-5-16-14(18(15)26)6-7-27-16)23-24-19(2,21-11)22-13-8-12(20)9-25(3)10-13/h4-7,12-13,22,24,26H,8-10H2,1-3H3/t12-,13-,19?/m1/s1. The molecule has 0 spiro atoms. The van der Waals surface area contributed by atoms with E-state index in [9.17, 15) is 9.50 Å². The van der Waals surface area contributed by atoms with Gasteiger partial charge in [0.15, 0.2) is 5.79 Å². The number of halogens is 1. The Balaban J connectivity index is 1.56. The fourth-order valence-corrected chi connectivity index (χ4v) is 4.74.